The van der Waals surface area contributed by atoms with Gasteiger partial charge >= 0.3 is 5.97 Å². The fourth-order valence-electron chi connectivity index (χ4n) is 3.25. The molecule has 1 aliphatic carbocycles. The Bertz CT molecular complexity index is 351. The highest BCUT2D eigenvalue weighted by Gasteiger charge is 2.41. The highest BCUT2D eigenvalue weighted by atomic mass is 16.5. The number of carbonyl (C=O) groups excluding carboxylic acids is 1. The van der Waals surface area contributed by atoms with Crippen molar-refractivity contribution in [3.05, 3.63) is 0 Å². The van der Waals surface area contributed by atoms with E-state index < -0.39 is 11.9 Å². The number of carbonyl (C=O) groups is 2. The molecule has 2 rings (SSSR count). The van der Waals surface area contributed by atoms with E-state index >= 15 is 0 Å². The zero-order valence-corrected chi connectivity index (χ0v) is 11.6. The van der Waals surface area contributed by atoms with E-state index in [1.54, 1.807) is 0 Å². The Morgan fingerprint density at radius 3 is 2.58 bits per heavy atom. The maximum absolute atomic E-state index is 12.3. The lowest BCUT2D eigenvalue weighted by atomic mass is 9.93. The monoisotopic (exact) mass is 269 g/mol. The Hall–Kier alpha value is -1.10. The Balaban J connectivity index is 1.92. The minimum atomic E-state index is -0.846. The largest absolute Gasteiger partial charge is 0.481 e. The van der Waals surface area contributed by atoms with Crippen LogP contribution in [-0.2, 0) is 14.3 Å². The average Bonchev–Trinajstić information content (AvgIpc) is 2.96. The second kappa shape index (κ2) is 5.90. The first-order chi connectivity index (χ1) is 8.99. The average molecular weight is 269 g/mol. The molecule has 2 aliphatic rings. The van der Waals surface area contributed by atoms with Gasteiger partial charge in [-0.2, -0.15) is 0 Å². The van der Waals surface area contributed by atoms with Crippen molar-refractivity contribution in [3.63, 3.8) is 0 Å². The van der Waals surface area contributed by atoms with Crippen LogP contribution in [0.25, 0.3) is 0 Å². The first-order valence-corrected chi connectivity index (χ1v) is 7.10. The number of ether oxygens (including phenoxy) is 1. The molecule has 5 nitrogen and oxygen atoms in total. The summed E-state index contributed by atoms with van der Waals surface area (Å²) in [5.74, 6) is -1.19. The molecule has 2 N–H and O–H groups in total. The standard InChI is InChI=1S/C14H23NO4/c1-8-5-11(12(6-8)14(17)18)13(16)15-9(2)10-3-4-19-7-10/h8-12H,3-7H2,1-2H3,(H,15,16)(H,17,18). The predicted octanol–water partition coefficient (Wildman–Crippen LogP) is 1.27. The van der Waals surface area contributed by atoms with E-state index in [-0.39, 0.29) is 17.9 Å². The number of carboxylic acid groups (broad SMARTS) is 1. The molecule has 1 saturated carbocycles. The molecule has 0 bridgehead atoms. The van der Waals surface area contributed by atoms with Crippen LogP contribution in [-0.4, -0.2) is 36.2 Å². The second-order valence-corrected chi connectivity index (χ2v) is 6.05. The van der Waals surface area contributed by atoms with Gasteiger partial charge in [-0.15, -0.1) is 0 Å². The van der Waals surface area contributed by atoms with E-state index in [0.29, 0.717) is 31.3 Å². The fraction of sp³-hybridized carbons (Fsp3) is 0.857. The summed E-state index contributed by atoms with van der Waals surface area (Å²) < 4.78 is 5.32. The SMILES string of the molecule is CC1CC(C(=O)O)C(C(=O)NC(C)C2CCOC2)C1. The summed E-state index contributed by atoms with van der Waals surface area (Å²) in [6.07, 6.45) is 2.25. The quantitative estimate of drug-likeness (QED) is 0.806. The van der Waals surface area contributed by atoms with Crippen molar-refractivity contribution in [1.82, 2.24) is 5.32 Å². The van der Waals surface area contributed by atoms with Crippen LogP contribution in [0.2, 0.25) is 0 Å². The zero-order chi connectivity index (χ0) is 14.0. The van der Waals surface area contributed by atoms with Crippen LogP contribution in [0.3, 0.4) is 0 Å². The number of rotatable bonds is 4. The fourth-order valence-corrected chi connectivity index (χ4v) is 3.25. The molecule has 0 aromatic heterocycles. The number of hydrogen-bond acceptors (Lipinski definition) is 3. The molecular weight excluding hydrogens is 246 g/mol. The lowest BCUT2D eigenvalue weighted by Crippen LogP contribution is -2.43. The summed E-state index contributed by atoms with van der Waals surface area (Å²) in [5, 5.41) is 12.2. The van der Waals surface area contributed by atoms with E-state index in [2.05, 4.69) is 5.32 Å². The molecule has 1 heterocycles. The second-order valence-electron chi connectivity index (χ2n) is 6.05. The van der Waals surface area contributed by atoms with Gasteiger partial charge in [0.2, 0.25) is 5.91 Å². The zero-order valence-electron chi connectivity index (χ0n) is 11.6. The molecule has 0 aromatic carbocycles. The van der Waals surface area contributed by atoms with Crippen LogP contribution < -0.4 is 5.32 Å². The van der Waals surface area contributed by atoms with E-state index in [9.17, 15) is 14.7 Å². The van der Waals surface area contributed by atoms with E-state index in [1.165, 1.54) is 0 Å². The van der Waals surface area contributed by atoms with Crippen molar-refractivity contribution in [3.8, 4) is 0 Å². The van der Waals surface area contributed by atoms with Crippen molar-refractivity contribution < 1.29 is 19.4 Å². The van der Waals surface area contributed by atoms with Crippen molar-refractivity contribution >= 4 is 11.9 Å². The summed E-state index contributed by atoms with van der Waals surface area (Å²) in [6, 6.07) is 0.0559. The lowest BCUT2D eigenvalue weighted by molar-refractivity contribution is -0.146. The molecule has 0 radical (unpaired) electrons. The highest BCUT2D eigenvalue weighted by molar-refractivity contribution is 5.85. The third kappa shape index (κ3) is 3.26. The Morgan fingerprint density at radius 2 is 2.00 bits per heavy atom. The van der Waals surface area contributed by atoms with Gasteiger partial charge in [0.05, 0.1) is 18.4 Å². The molecule has 5 heteroatoms. The van der Waals surface area contributed by atoms with Crippen LogP contribution in [0.4, 0.5) is 0 Å². The first kappa shape index (κ1) is 14.3. The van der Waals surface area contributed by atoms with Crippen LogP contribution in [0.5, 0.6) is 0 Å². The number of amides is 1. The van der Waals surface area contributed by atoms with Crippen molar-refractivity contribution in [1.29, 1.82) is 0 Å². The van der Waals surface area contributed by atoms with Crippen molar-refractivity contribution in [2.45, 2.75) is 39.2 Å². The van der Waals surface area contributed by atoms with Gasteiger partial charge in [0.15, 0.2) is 0 Å². The predicted molar refractivity (Wildman–Crippen MR) is 69.5 cm³/mol. The van der Waals surface area contributed by atoms with Crippen molar-refractivity contribution in [2.24, 2.45) is 23.7 Å². The Morgan fingerprint density at radius 1 is 1.32 bits per heavy atom. The summed E-state index contributed by atoms with van der Waals surface area (Å²) in [6.45, 7) is 5.43. The summed E-state index contributed by atoms with van der Waals surface area (Å²) >= 11 is 0. The first-order valence-electron chi connectivity index (χ1n) is 7.10. The van der Waals surface area contributed by atoms with Gasteiger partial charge in [0.1, 0.15) is 0 Å². The summed E-state index contributed by atoms with van der Waals surface area (Å²) in [5.41, 5.74) is 0. The Labute approximate surface area is 113 Å². The van der Waals surface area contributed by atoms with Gasteiger partial charge < -0.3 is 15.2 Å². The van der Waals surface area contributed by atoms with Gasteiger partial charge in [-0.25, -0.2) is 0 Å². The van der Waals surface area contributed by atoms with Crippen molar-refractivity contribution in [2.75, 3.05) is 13.2 Å². The van der Waals surface area contributed by atoms with Gasteiger partial charge in [-0.3, -0.25) is 9.59 Å². The molecule has 1 amide bonds. The maximum atomic E-state index is 12.3. The highest BCUT2D eigenvalue weighted by Crippen LogP contribution is 2.36. The molecule has 19 heavy (non-hydrogen) atoms. The van der Waals surface area contributed by atoms with Crippen LogP contribution >= 0.6 is 0 Å². The summed E-state index contributed by atoms with van der Waals surface area (Å²) in [4.78, 5) is 23.5. The molecule has 5 unspecified atom stereocenters. The van der Waals surface area contributed by atoms with Gasteiger partial charge in [-0.1, -0.05) is 6.92 Å². The number of nitrogens with one attached hydrogen (secondary N) is 1. The number of aliphatic carboxylic acids is 1. The van der Waals surface area contributed by atoms with Gasteiger partial charge in [-0.05, 0) is 32.1 Å². The van der Waals surface area contributed by atoms with Crippen LogP contribution in [0, 0.1) is 23.7 Å². The molecule has 1 saturated heterocycles. The Kier molecular flexibility index (Phi) is 4.45. The van der Waals surface area contributed by atoms with Gasteiger partial charge in [0, 0.05) is 18.6 Å². The molecule has 1 aliphatic heterocycles. The minimum absolute atomic E-state index is 0.0559. The molecule has 5 atom stereocenters. The van der Waals surface area contributed by atoms with Crippen LogP contribution in [0.15, 0.2) is 0 Å². The molecular formula is C14H23NO4. The number of hydrogen-bond donors (Lipinski definition) is 2. The lowest BCUT2D eigenvalue weighted by Gasteiger charge is -2.23. The van der Waals surface area contributed by atoms with E-state index in [4.69, 9.17) is 4.74 Å². The smallest absolute Gasteiger partial charge is 0.307 e. The third-order valence-electron chi connectivity index (χ3n) is 4.49. The molecule has 108 valence electrons. The van der Waals surface area contributed by atoms with Crippen LogP contribution in [0.1, 0.15) is 33.1 Å². The normalized spacial score (nSPS) is 36.1. The van der Waals surface area contributed by atoms with E-state index in [0.717, 1.165) is 13.0 Å². The molecule has 0 spiro atoms. The van der Waals surface area contributed by atoms with Gasteiger partial charge in [0.25, 0.3) is 0 Å². The number of carboxylic acids is 1. The molecule has 0 aromatic rings. The molecule has 2 fully saturated rings. The van der Waals surface area contributed by atoms with E-state index in [1.807, 2.05) is 13.8 Å². The topological polar surface area (TPSA) is 75.6 Å². The minimum Gasteiger partial charge on any atom is -0.481 e. The maximum Gasteiger partial charge on any atom is 0.307 e. The summed E-state index contributed by atoms with van der Waals surface area (Å²) in [7, 11) is 0. The third-order valence-corrected chi connectivity index (χ3v) is 4.49.